The first-order chi connectivity index (χ1) is 8.72. The van der Waals surface area contributed by atoms with Crippen molar-refractivity contribution in [1.82, 2.24) is 20.2 Å². The van der Waals surface area contributed by atoms with E-state index in [0.717, 1.165) is 11.6 Å². The fraction of sp³-hybridized carbons (Fsp3) is 0.462. The van der Waals surface area contributed by atoms with E-state index in [9.17, 15) is 0 Å². The monoisotopic (exact) mass is 243 g/mol. The maximum Gasteiger partial charge on any atom is 0.143 e. The van der Waals surface area contributed by atoms with Crippen LogP contribution in [0, 0.1) is 12.8 Å². The van der Waals surface area contributed by atoms with E-state index in [1.807, 2.05) is 6.07 Å². The van der Waals surface area contributed by atoms with E-state index in [-0.39, 0.29) is 0 Å². The van der Waals surface area contributed by atoms with Crippen LogP contribution >= 0.6 is 0 Å². The van der Waals surface area contributed by atoms with Gasteiger partial charge in [-0.1, -0.05) is 13.0 Å². The molecule has 1 saturated carbocycles. The second-order valence-corrected chi connectivity index (χ2v) is 5.17. The summed E-state index contributed by atoms with van der Waals surface area (Å²) in [6, 6.07) is 6.85. The van der Waals surface area contributed by atoms with Crippen LogP contribution in [0.25, 0.3) is 5.69 Å². The Labute approximate surface area is 106 Å². The van der Waals surface area contributed by atoms with Gasteiger partial charge in [0.05, 0.1) is 5.69 Å². The van der Waals surface area contributed by atoms with E-state index in [2.05, 4.69) is 46.8 Å². The molecule has 1 fully saturated rings. The molecule has 5 nitrogen and oxygen atoms in total. The molecule has 2 aromatic rings. The molecule has 0 unspecified atom stereocenters. The van der Waals surface area contributed by atoms with E-state index in [1.54, 1.807) is 11.0 Å². The predicted molar refractivity (Wildman–Crippen MR) is 69.7 cm³/mol. The number of nitrogens with zero attached hydrogens (tertiary/aromatic N) is 4. The zero-order valence-electron chi connectivity index (χ0n) is 10.7. The number of nitrogens with one attached hydrogen (secondary N) is 1. The molecule has 0 spiro atoms. The number of hydrogen-bond donors (Lipinski definition) is 1. The second kappa shape index (κ2) is 4.40. The van der Waals surface area contributed by atoms with Gasteiger partial charge in [0.15, 0.2) is 0 Å². The highest BCUT2D eigenvalue weighted by Gasteiger charge is 2.25. The molecule has 1 aliphatic carbocycles. The van der Waals surface area contributed by atoms with Crippen LogP contribution in [0.15, 0.2) is 24.5 Å². The molecule has 0 aliphatic heterocycles. The molecule has 0 saturated heterocycles. The Balaban J connectivity index is 1.82. The lowest BCUT2D eigenvalue weighted by molar-refractivity contribution is 0.309. The van der Waals surface area contributed by atoms with Crippen molar-refractivity contribution >= 4 is 5.69 Å². The Kier molecular flexibility index (Phi) is 2.74. The molecule has 1 aromatic heterocycles. The summed E-state index contributed by atoms with van der Waals surface area (Å²) in [5.74, 6) is 0.852. The maximum absolute atomic E-state index is 3.91. The fourth-order valence-electron chi connectivity index (χ4n) is 2.43. The van der Waals surface area contributed by atoms with Crippen molar-refractivity contribution in [2.75, 3.05) is 5.32 Å². The second-order valence-electron chi connectivity index (χ2n) is 5.17. The van der Waals surface area contributed by atoms with Crippen LogP contribution in [-0.2, 0) is 0 Å². The largest absolute Gasteiger partial charge is 0.382 e. The van der Waals surface area contributed by atoms with Crippen molar-refractivity contribution in [2.45, 2.75) is 32.7 Å². The number of aromatic nitrogens is 4. The van der Waals surface area contributed by atoms with Crippen molar-refractivity contribution in [3.63, 3.8) is 0 Å². The van der Waals surface area contributed by atoms with Crippen LogP contribution in [-0.4, -0.2) is 26.2 Å². The number of rotatable bonds is 3. The summed E-state index contributed by atoms with van der Waals surface area (Å²) in [7, 11) is 0. The first-order valence-electron chi connectivity index (χ1n) is 6.33. The molecule has 0 bridgehead atoms. The van der Waals surface area contributed by atoms with Crippen molar-refractivity contribution in [3.05, 3.63) is 30.1 Å². The van der Waals surface area contributed by atoms with Crippen molar-refractivity contribution in [3.8, 4) is 5.69 Å². The Morgan fingerprint density at radius 2 is 2.17 bits per heavy atom. The Morgan fingerprint density at radius 1 is 1.33 bits per heavy atom. The lowest BCUT2D eigenvalue weighted by Crippen LogP contribution is -2.34. The SMILES string of the molecule is Cc1ccc(-n2cnnn2)cc1NC1CC(C)C1. The van der Waals surface area contributed by atoms with E-state index in [1.165, 1.54) is 24.1 Å². The summed E-state index contributed by atoms with van der Waals surface area (Å²) in [5, 5.41) is 14.8. The lowest BCUT2D eigenvalue weighted by Gasteiger charge is -2.34. The Morgan fingerprint density at radius 3 is 2.83 bits per heavy atom. The van der Waals surface area contributed by atoms with Gasteiger partial charge in [-0.15, -0.1) is 5.10 Å². The molecule has 5 heteroatoms. The van der Waals surface area contributed by atoms with Gasteiger partial charge in [-0.05, 0) is 53.8 Å². The molecular formula is C13H17N5. The predicted octanol–water partition coefficient (Wildman–Crippen LogP) is 2.18. The highest BCUT2D eigenvalue weighted by molar-refractivity contribution is 5.57. The van der Waals surface area contributed by atoms with Crippen LogP contribution in [0.3, 0.4) is 0 Å². The zero-order valence-corrected chi connectivity index (χ0v) is 10.7. The highest BCUT2D eigenvalue weighted by atomic mass is 15.5. The van der Waals surface area contributed by atoms with Gasteiger partial charge in [0.1, 0.15) is 6.33 Å². The normalized spacial score (nSPS) is 22.6. The first kappa shape index (κ1) is 11.2. The minimum atomic E-state index is 0.614. The third-order valence-electron chi connectivity index (χ3n) is 3.57. The van der Waals surface area contributed by atoms with Crippen LogP contribution in [0.1, 0.15) is 25.3 Å². The average molecular weight is 243 g/mol. The van der Waals surface area contributed by atoms with Gasteiger partial charge in [0.2, 0.25) is 0 Å². The lowest BCUT2D eigenvalue weighted by atomic mass is 9.81. The third-order valence-corrected chi connectivity index (χ3v) is 3.57. The number of hydrogen-bond acceptors (Lipinski definition) is 4. The van der Waals surface area contributed by atoms with Crippen molar-refractivity contribution in [2.24, 2.45) is 5.92 Å². The molecule has 1 aliphatic rings. The van der Waals surface area contributed by atoms with Crippen LogP contribution < -0.4 is 5.32 Å². The molecule has 0 atom stereocenters. The summed E-state index contributed by atoms with van der Waals surface area (Å²) in [6.45, 7) is 4.41. The quantitative estimate of drug-likeness (QED) is 0.897. The van der Waals surface area contributed by atoms with Gasteiger partial charge in [-0.25, -0.2) is 4.68 Å². The number of aryl methyl sites for hydroxylation is 1. The summed E-state index contributed by atoms with van der Waals surface area (Å²) in [6.07, 6.45) is 4.13. The number of anilines is 1. The highest BCUT2D eigenvalue weighted by Crippen LogP contribution is 2.31. The molecule has 0 radical (unpaired) electrons. The maximum atomic E-state index is 3.91. The summed E-state index contributed by atoms with van der Waals surface area (Å²) < 4.78 is 1.67. The summed E-state index contributed by atoms with van der Waals surface area (Å²) in [4.78, 5) is 0. The van der Waals surface area contributed by atoms with Gasteiger partial charge in [-0.2, -0.15) is 0 Å². The van der Waals surface area contributed by atoms with Gasteiger partial charge >= 0.3 is 0 Å². The van der Waals surface area contributed by atoms with Crippen LogP contribution in [0.4, 0.5) is 5.69 Å². The third kappa shape index (κ3) is 2.08. The Hall–Kier alpha value is -1.91. The smallest absolute Gasteiger partial charge is 0.143 e. The fourth-order valence-corrected chi connectivity index (χ4v) is 2.43. The minimum Gasteiger partial charge on any atom is -0.382 e. The van der Waals surface area contributed by atoms with Crippen molar-refractivity contribution < 1.29 is 0 Å². The topological polar surface area (TPSA) is 55.6 Å². The average Bonchev–Trinajstić information content (AvgIpc) is 2.83. The van der Waals surface area contributed by atoms with E-state index >= 15 is 0 Å². The van der Waals surface area contributed by atoms with Gasteiger partial charge in [-0.3, -0.25) is 0 Å². The van der Waals surface area contributed by atoms with Crippen molar-refractivity contribution in [1.29, 1.82) is 0 Å². The number of benzene rings is 1. The molecule has 94 valence electrons. The molecule has 1 heterocycles. The van der Waals surface area contributed by atoms with E-state index in [0.29, 0.717) is 6.04 Å². The van der Waals surface area contributed by atoms with Crippen LogP contribution in [0.5, 0.6) is 0 Å². The number of tetrazole rings is 1. The van der Waals surface area contributed by atoms with Crippen LogP contribution in [0.2, 0.25) is 0 Å². The zero-order chi connectivity index (χ0) is 12.5. The minimum absolute atomic E-state index is 0.614. The summed E-state index contributed by atoms with van der Waals surface area (Å²) in [5.41, 5.74) is 3.42. The van der Waals surface area contributed by atoms with Gasteiger partial charge in [0, 0.05) is 11.7 Å². The molecule has 3 rings (SSSR count). The van der Waals surface area contributed by atoms with Gasteiger partial charge in [0.25, 0.3) is 0 Å². The molecule has 18 heavy (non-hydrogen) atoms. The van der Waals surface area contributed by atoms with Gasteiger partial charge < -0.3 is 5.32 Å². The molecular weight excluding hydrogens is 226 g/mol. The standard InChI is InChI=1S/C13H17N5/c1-9-5-11(6-9)15-13-7-12(4-3-10(13)2)18-8-14-16-17-18/h3-4,7-9,11,15H,5-6H2,1-2H3. The van der Waals surface area contributed by atoms with E-state index in [4.69, 9.17) is 0 Å². The summed E-state index contributed by atoms with van der Waals surface area (Å²) >= 11 is 0. The Bertz CT molecular complexity index is 528. The molecule has 1 N–H and O–H groups in total. The molecule has 0 amide bonds. The van der Waals surface area contributed by atoms with E-state index < -0.39 is 0 Å². The first-order valence-corrected chi connectivity index (χ1v) is 6.33. The molecule has 1 aromatic carbocycles.